The zero-order valence-corrected chi connectivity index (χ0v) is 20.6. The van der Waals surface area contributed by atoms with Crippen molar-refractivity contribution in [3.63, 3.8) is 0 Å². The van der Waals surface area contributed by atoms with Crippen LogP contribution in [0.1, 0.15) is 64.5 Å². The molecule has 5 nitrogen and oxygen atoms in total. The molecule has 3 rings (SSSR count). The number of hydrogen-bond acceptors (Lipinski definition) is 5. The Morgan fingerprint density at radius 2 is 1.71 bits per heavy atom. The second kappa shape index (κ2) is 10.0. The van der Waals surface area contributed by atoms with Gasteiger partial charge < -0.3 is 9.64 Å². The molecule has 1 aliphatic heterocycles. The van der Waals surface area contributed by atoms with Gasteiger partial charge in [-0.15, -0.1) is 0 Å². The summed E-state index contributed by atoms with van der Waals surface area (Å²) in [4.78, 5) is 15.3. The van der Waals surface area contributed by atoms with Crippen LogP contribution in [0.2, 0.25) is 0 Å². The highest BCUT2D eigenvalue weighted by Gasteiger charge is 2.30. The lowest BCUT2D eigenvalue weighted by Gasteiger charge is -2.37. The largest absolute Gasteiger partial charge is 0.372 e. The van der Waals surface area contributed by atoms with Crippen LogP contribution in [0.3, 0.4) is 0 Å². The van der Waals surface area contributed by atoms with Gasteiger partial charge in [0.1, 0.15) is 5.78 Å². The molecule has 6 heteroatoms. The van der Waals surface area contributed by atoms with E-state index in [1.54, 1.807) is 13.8 Å². The summed E-state index contributed by atoms with van der Waals surface area (Å²) in [6.07, 6.45) is 4.23. The van der Waals surface area contributed by atoms with Crippen LogP contribution in [-0.2, 0) is 25.8 Å². The van der Waals surface area contributed by atoms with E-state index in [2.05, 4.69) is 43.9 Å². The van der Waals surface area contributed by atoms with Gasteiger partial charge in [-0.1, -0.05) is 6.07 Å². The average Bonchev–Trinajstić information content (AvgIpc) is 2.69. The predicted molar refractivity (Wildman–Crippen MR) is 126 cm³/mol. The third-order valence-electron chi connectivity index (χ3n) is 6.96. The average molecular weight is 450 g/mol. The minimum absolute atomic E-state index is 0.0676. The molecule has 0 amide bonds. The molecule has 2 fully saturated rings. The van der Waals surface area contributed by atoms with Crippen molar-refractivity contribution in [2.24, 2.45) is 11.8 Å². The van der Waals surface area contributed by atoms with Gasteiger partial charge in [0, 0.05) is 31.1 Å². The van der Waals surface area contributed by atoms with Gasteiger partial charge in [0.2, 0.25) is 0 Å². The highest BCUT2D eigenvalue weighted by Crippen LogP contribution is 2.32. The number of hydrogen-bond donors (Lipinski definition) is 0. The fraction of sp³-hybridized carbons (Fsp3) is 0.720. The Morgan fingerprint density at radius 3 is 2.26 bits per heavy atom. The van der Waals surface area contributed by atoms with Crippen molar-refractivity contribution < 1.29 is 17.9 Å². The van der Waals surface area contributed by atoms with Crippen LogP contribution in [0.4, 0.5) is 5.69 Å². The molecule has 174 valence electrons. The normalized spacial score (nSPS) is 27.5. The smallest absolute Gasteiger partial charge is 0.152 e. The van der Waals surface area contributed by atoms with E-state index in [0.29, 0.717) is 12.2 Å². The summed E-state index contributed by atoms with van der Waals surface area (Å²) in [5.41, 5.74) is 3.46. The molecule has 1 saturated carbocycles. The van der Waals surface area contributed by atoms with Crippen molar-refractivity contribution in [2.45, 2.75) is 84.2 Å². The first-order chi connectivity index (χ1) is 14.5. The predicted octanol–water partition coefficient (Wildman–Crippen LogP) is 4.35. The van der Waals surface area contributed by atoms with E-state index in [1.165, 1.54) is 5.69 Å². The van der Waals surface area contributed by atoms with Gasteiger partial charge in [-0.05, 0) is 89.5 Å². The fourth-order valence-electron chi connectivity index (χ4n) is 4.97. The minimum Gasteiger partial charge on any atom is -0.372 e. The zero-order valence-electron chi connectivity index (χ0n) is 19.8. The first-order valence-corrected chi connectivity index (χ1v) is 13.5. The Hall–Kier alpha value is -1.40. The summed E-state index contributed by atoms with van der Waals surface area (Å²) in [5.74, 6) is 0.841. The lowest BCUT2D eigenvalue weighted by atomic mass is 9.79. The van der Waals surface area contributed by atoms with Gasteiger partial charge >= 0.3 is 0 Å². The lowest BCUT2D eigenvalue weighted by Crippen LogP contribution is -2.45. The molecule has 0 spiro atoms. The molecule has 2 aliphatic rings. The number of Topliss-reactive ketones (excluding diaryl/α,β-unsaturated/α-hetero) is 1. The lowest BCUT2D eigenvalue weighted by molar-refractivity contribution is -0.123. The second-order valence-corrected chi connectivity index (χ2v) is 12.6. The maximum atomic E-state index is 12.9. The molecule has 0 unspecified atom stereocenters. The Labute approximate surface area is 188 Å². The summed E-state index contributed by atoms with van der Waals surface area (Å²) >= 11 is 0. The monoisotopic (exact) mass is 449 g/mol. The van der Waals surface area contributed by atoms with E-state index >= 15 is 0 Å². The van der Waals surface area contributed by atoms with Gasteiger partial charge in [-0.25, -0.2) is 8.42 Å². The number of ketones is 1. The number of carbonyl (C=O) groups is 1. The molecule has 0 N–H and O–H groups in total. The number of sulfone groups is 1. The van der Waals surface area contributed by atoms with Crippen LogP contribution < -0.4 is 4.90 Å². The van der Waals surface area contributed by atoms with Crippen molar-refractivity contribution >= 4 is 21.3 Å². The first-order valence-electron chi connectivity index (χ1n) is 11.8. The highest BCUT2D eigenvalue weighted by atomic mass is 32.2. The molecule has 1 aliphatic carbocycles. The Bertz CT molecular complexity index is 862. The number of ether oxygens (including phenoxy) is 1. The van der Waals surface area contributed by atoms with E-state index in [-0.39, 0.29) is 35.0 Å². The molecule has 31 heavy (non-hydrogen) atoms. The molecule has 1 aromatic carbocycles. The summed E-state index contributed by atoms with van der Waals surface area (Å²) < 4.78 is 30.2. The number of carbonyl (C=O) groups excluding carboxylic acids is 1. The number of morpholine rings is 1. The molecule has 1 heterocycles. The third kappa shape index (κ3) is 6.32. The van der Waals surface area contributed by atoms with Gasteiger partial charge in [0.15, 0.2) is 9.84 Å². The number of anilines is 1. The van der Waals surface area contributed by atoms with Crippen molar-refractivity contribution in [1.82, 2.24) is 0 Å². The van der Waals surface area contributed by atoms with E-state index in [0.717, 1.165) is 49.9 Å². The topological polar surface area (TPSA) is 63.7 Å². The fourth-order valence-corrected chi connectivity index (χ4v) is 6.34. The maximum Gasteiger partial charge on any atom is 0.152 e. The number of rotatable bonds is 7. The number of aryl methyl sites for hydroxylation is 1. The quantitative estimate of drug-likeness (QED) is 0.619. The molecule has 0 aromatic heterocycles. The SMILES string of the molecule is Cc1cc(N2C[C@@H](C)O[C@@H](C)C2)ccc1CC(=O)C1CCC(CS(=O)(=O)C(C)C)CC1. The van der Waals surface area contributed by atoms with Crippen LogP contribution in [-0.4, -0.2) is 50.5 Å². The molecule has 1 saturated heterocycles. The summed E-state index contributed by atoms with van der Waals surface area (Å²) in [6.45, 7) is 11.6. The molecule has 0 radical (unpaired) electrons. The maximum absolute atomic E-state index is 12.9. The highest BCUT2D eigenvalue weighted by molar-refractivity contribution is 7.91. The Morgan fingerprint density at radius 1 is 1.10 bits per heavy atom. The summed E-state index contributed by atoms with van der Waals surface area (Å²) in [6, 6.07) is 6.43. The Kier molecular flexibility index (Phi) is 7.85. The van der Waals surface area contributed by atoms with E-state index < -0.39 is 9.84 Å². The van der Waals surface area contributed by atoms with Gasteiger partial charge in [-0.2, -0.15) is 0 Å². The number of nitrogens with zero attached hydrogens (tertiary/aromatic N) is 1. The van der Waals surface area contributed by atoms with Crippen molar-refractivity contribution in [3.05, 3.63) is 29.3 Å². The molecular weight excluding hydrogens is 410 g/mol. The van der Waals surface area contributed by atoms with Crippen molar-refractivity contribution in [3.8, 4) is 0 Å². The molecular formula is C25H39NO4S. The van der Waals surface area contributed by atoms with Crippen molar-refractivity contribution in [1.29, 1.82) is 0 Å². The number of benzene rings is 1. The van der Waals surface area contributed by atoms with Crippen LogP contribution in [0.25, 0.3) is 0 Å². The first kappa shape index (κ1) is 24.2. The van der Waals surface area contributed by atoms with Crippen LogP contribution in [0.5, 0.6) is 0 Å². The third-order valence-corrected chi connectivity index (χ3v) is 9.34. The molecule has 2 atom stereocenters. The molecule has 1 aromatic rings. The second-order valence-electron chi connectivity index (χ2n) is 10.0. The van der Waals surface area contributed by atoms with Crippen molar-refractivity contribution in [2.75, 3.05) is 23.7 Å². The standard InChI is InChI=1S/C25H39NO4S/c1-17(2)31(28,29)16-21-6-8-22(9-7-21)25(27)13-23-10-11-24(12-18(23)3)26-14-19(4)30-20(5)15-26/h10-12,17,19-22H,6-9,13-16H2,1-5H3/t19-,20+,21?,22?. The van der Waals surface area contributed by atoms with Crippen LogP contribution >= 0.6 is 0 Å². The Balaban J connectivity index is 1.55. The minimum atomic E-state index is -3.01. The van der Waals surface area contributed by atoms with E-state index in [4.69, 9.17) is 4.74 Å². The van der Waals surface area contributed by atoms with Crippen LogP contribution in [0, 0.1) is 18.8 Å². The van der Waals surface area contributed by atoms with E-state index in [9.17, 15) is 13.2 Å². The molecule has 0 bridgehead atoms. The van der Waals surface area contributed by atoms with E-state index in [1.807, 2.05) is 0 Å². The summed E-state index contributed by atoms with van der Waals surface area (Å²) in [7, 11) is -3.01. The van der Waals surface area contributed by atoms with Gasteiger partial charge in [0.25, 0.3) is 0 Å². The zero-order chi connectivity index (χ0) is 22.8. The van der Waals surface area contributed by atoms with Crippen LogP contribution in [0.15, 0.2) is 18.2 Å². The van der Waals surface area contributed by atoms with Gasteiger partial charge in [0.05, 0.1) is 23.2 Å². The summed E-state index contributed by atoms with van der Waals surface area (Å²) in [5, 5.41) is -0.318. The van der Waals surface area contributed by atoms with Gasteiger partial charge in [-0.3, -0.25) is 4.79 Å².